The summed E-state index contributed by atoms with van der Waals surface area (Å²) in [5.74, 6) is 1.42. The van der Waals surface area contributed by atoms with Crippen LogP contribution in [0.3, 0.4) is 0 Å². The molecule has 1 heterocycles. The molecule has 0 bridgehead atoms. The van der Waals surface area contributed by atoms with Gasteiger partial charge in [0.1, 0.15) is 12.4 Å². The summed E-state index contributed by atoms with van der Waals surface area (Å²) in [6, 6.07) is 14.8. The molecule has 30 heavy (non-hydrogen) atoms. The van der Waals surface area contributed by atoms with Crippen LogP contribution in [0.5, 0.6) is 5.75 Å². The van der Waals surface area contributed by atoms with Crippen molar-refractivity contribution in [3.05, 3.63) is 59.2 Å². The third-order valence-electron chi connectivity index (χ3n) is 5.85. The Morgan fingerprint density at radius 1 is 1.00 bits per heavy atom. The van der Waals surface area contributed by atoms with Gasteiger partial charge in [-0.1, -0.05) is 18.2 Å². The number of aryl methyl sites for hydroxylation is 2. The third-order valence-corrected chi connectivity index (χ3v) is 5.85. The highest BCUT2D eigenvalue weighted by Gasteiger charge is 2.11. The van der Waals surface area contributed by atoms with Crippen molar-refractivity contribution in [1.29, 1.82) is 0 Å². The Bertz CT molecular complexity index is 832. The van der Waals surface area contributed by atoms with Crippen molar-refractivity contribution in [3.63, 3.8) is 0 Å². The fourth-order valence-corrected chi connectivity index (χ4v) is 4.19. The first kappa shape index (κ1) is 22.9. The minimum atomic E-state index is 0. The number of halogens is 1. The van der Waals surface area contributed by atoms with Gasteiger partial charge in [-0.15, -0.1) is 24.0 Å². The summed E-state index contributed by atoms with van der Waals surface area (Å²) in [6.45, 7) is 4.88. The van der Waals surface area contributed by atoms with Crippen molar-refractivity contribution < 1.29 is 4.74 Å². The summed E-state index contributed by atoms with van der Waals surface area (Å²) in [6.07, 6.45) is 7.13. The maximum atomic E-state index is 6.06. The summed E-state index contributed by atoms with van der Waals surface area (Å²) in [5.41, 5.74) is 11.2. The van der Waals surface area contributed by atoms with E-state index in [4.69, 9.17) is 10.5 Å². The summed E-state index contributed by atoms with van der Waals surface area (Å²) < 4.78 is 5.86. The Morgan fingerprint density at radius 3 is 2.57 bits per heavy atom. The Morgan fingerprint density at radius 2 is 1.77 bits per heavy atom. The summed E-state index contributed by atoms with van der Waals surface area (Å²) >= 11 is 0. The second-order valence-electron chi connectivity index (χ2n) is 8.02. The van der Waals surface area contributed by atoms with E-state index in [0.29, 0.717) is 12.5 Å². The number of benzene rings is 2. The zero-order valence-corrected chi connectivity index (χ0v) is 19.9. The van der Waals surface area contributed by atoms with Gasteiger partial charge in [0.2, 0.25) is 0 Å². The van der Waals surface area contributed by atoms with Gasteiger partial charge < -0.3 is 15.8 Å². The number of guanidine groups is 1. The topological polar surface area (TPSA) is 62.9 Å². The molecule has 6 heteroatoms. The van der Waals surface area contributed by atoms with Gasteiger partial charge in [-0.3, -0.25) is 9.89 Å². The Balaban J connectivity index is 0.00000256. The molecule has 2 aromatic carbocycles. The van der Waals surface area contributed by atoms with E-state index in [-0.39, 0.29) is 24.0 Å². The van der Waals surface area contributed by atoms with Crippen LogP contribution in [0.25, 0.3) is 0 Å². The Hall–Kier alpha value is -1.80. The minimum Gasteiger partial charge on any atom is -0.492 e. The van der Waals surface area contributed by atoms with Gasteiger partial charge in [0.15, 0.2) is 5.96 Å². The van der Waals surface area contributed by atoms with Gasteiger partial charge in [-0.05, 0) is 92.6 Å². The molecule has 0 atom stereocenters. The van der Waals surface area contributed by atoms with Crippen LogP contribution in [0, 0.1) is 0 Å². The van der Waals surface area contributed by atoms with Gasteiger partial charge >= 0.3 is 0 Å². The molecule has 0 unspecified atom stereocenters. The molecule has 5 nitrogen and oxygen atoms in total. The summed E-state index contributed by atoms with van der Waals surface area (Å²) in [5, 5.41) is 3.22. The molecule has 162 valence electrons. The normalized spacial score (nSPS) is 16.2. The molecule has 2 aliphatic rings. The van der Waals surface area contributed by atoms with E-state index < -0.39 is 0 Å². The van der Waals surface area contributed by atoms with Crippen molar-refractivity contribution in [2.24, 2.45) is 10.7 Å². The van der Waals surface area contributed by atoms with Crippen molar-refractivity contribution in [3.8, 4) is 5.75 Å². The van der Waals surface area contributed by atoms with Crippen LogP contribution in [0.4, 0.5) is 5.69 Å². The molecule has 0 aromatic heterocycles. The average molecular weight is 520 g/mol. The van der Waals surface area contributed by atoms with E-state index in [9.17, 15) is 0 Å². The molecule has 2 aromatic rings. The lowest BCUT2D eigenvalue weighted by atomic mass is 10.1. The molecular weight excluding hydrogens is 487 g/mol. The van der Waals surface area contributed by atoms with Crippen LogP contribution >= 0.6 is 24.0 Å². The predicted molar refractivity (Wildman–Crippen MR) is 135 cm³/mol. The number of aliphatic imine (C=N–C) groups is 1. The first-order chi connectivity index (χ1) is 14.3. The van der Waals surface area contributed by atoms with E-state index >= 15 is 0 Å². The molecule has 1 fully saturated rings. The highest BCUT2D eigenvalue weighted by atomic mass is 127. The largest absolute Gasteiger partial charge is 0.492 e. The SMILES string of the molecule is I.NC(=NCCc1ccc(OCCN2CCCC2)cc1)Nc1ccc2c(c1)CCC2. The maximum absolute atomic E-state index is 6.06. The molecule has 0 radical (unpaired) electrons. The highest BCUT2D eigenvalue weighted by Crippen LogP contribution is 2.24. The molecule has 0 spiro atoms. The molecular formula is C24H33IN4O. The van der Waals surface area contributed by atoms with Crippen LogP contribution in [0.2, 0.25) is 0 Å². The molecule has 1 saturated heterocycles. The standard InChI is InChI=1S/C24H32N4O.HI/c25-24(27-22-9-8-20-4-3-5-21(20)18-22)26-13-12-19-6-10-23(11-7-19)29-17-16-28-14-1-2-15-28;/h6-11,18H,1-5,12-17H2,(H3,25,26,27);1H. The number of rotatable bonds is 8. The molecule has 1 aliphatic heterocycles. The van der Waals surface area contributed by atoms with Crippen LogP contribution in [0.15, 0.2) is 47.5 Å². The lowest BCUT2D eigenvalue weighted by Gasteiger charge is -2.15. The lowest BCUT2D eigenvalue weighted by molar-refractivity contribution is 0.238. The Kier molecular flexibility index (Phi) is 8.81. The van der Waals surface area contributed by atoms with Gasteiger partial charge in [0, 0.05) is 18.8 Å². The van der Waals surface area contributed by atoms with Crippen LogP contribution in [0.1, 0.15) is 36.0 Å². The number of likely N-dealkylation sites (tertiary alicyclic amines) is 1. The monoisotopic (exact) mass is 520 g/mol. The number of hydrogen-bond donors (Lipinski definition) is 2. The number of fused-ring (bicyclic) bond motifs is 1. The average Bonchev–Trinajstić information content (AvgIpc) is 3.40. The maximum Gasteiger partial charge on any atom is 0.193 e. The van der Waals surface area contributed by atoms with Crippen molar-refractivity contribution in [2.75, 3.05) is 38.1 Å². The zero-order valence-electron chi connectivity index (χ0n) is 17.6. The van der Waals surface area contributed by atoms with Crippen molar-refractivity contribution in [2.45, 2.75) is 38.5 Å². The first-order valence-corrected chi connectivity index (χ1v) is 10.9. The minimum absolute atomic E-state index is 0. The number of nitrogens with one attached hydrogen (secondary N) is 1. The van der Waals surface area contributed by atoms with Gasteiger partial charge in [-0.2, -0.15) is 0 Å². The summed E-state index contributed by atoms with van der Waals surface area (Å²) in [7, 11) is 0. The first-order valence-electron chi connectivity index (χ1n) is 10.9. The number of ether oxygens (including phenoxy) is 1. The second kappa shape index (κ2) is 11.6. The summed E-state index contributed by atoms with van der Waals surface area (Å²) in [4.78, 5) is 6.94. The smallest absolute Gasteiger partial charge is 0.193 e. The Labute approximate surface area is 197 Å². The third kappa shape index (κ3) is 6.60. The van der Waals surface area contributed by atoms with Crippen molar-refractivity contribution >= 4 is 35.6 Å². The molecule has 4 rings (SSSR count). The van der Waals surface area contributed by atoms with Crippen molar-refractivity contribution in [1.82, 2.24) is 4.90 Å². The number of anilines is 1. The van der Waals surface area contributed by atoms with E-state index in [1.807, 2.05) is 0 Å². The fourth-order valence-electron chi connectivity index (χ4n) is 4.19. The highest BCUT2D eigenvalue weighted by molar-refractivity contribution is 14.0. The fraction of sp³-hybridized carbons (Fsp3) is 0.458. The van der Waals surface area contributed by atoms with Crippen LogP contribution in [-0.4, -0.2) is 43.6 Å². The van der Waals surface area contributed by atoms with Crippen LogP contribution < -0.4 is 15.8 Å². The van der Waals surface area contributed by atoms with E-state index in [0.717, 1.165) is 31.0 Å². The van der Waals surface area contributed by atoms with E-state index in [1.165, 1.54) is 61.9 Å². The zero-order chi connectivity index (χ0) is 19.9. The molecule has 3 N–H and O–H groups in total. The van der Waals surface area contributed by atoms with Gasteiger partial charge in [0.05, 0.1) is 0 Å². The predicted octanol–water partition coefficient (Wildman–Crippen LogP) is 4.24. The quantitative estimate of drug-likeness (QED) is 0.311. The molecule has 0 amide bonds. The van der Waals surface area contributed by atoms with Gasteiger partial charge in [0.25, 0.3) is 0 Å². The molecule has 1 aliphatic carbocycles. The molecule has 0 saturated carbocycles. The number of nitrogens with two attached hydrogens (primary N) is 1. The van der Waals surface area contributed by atoms with Gasteiger partial charge in [-0.25, -0.2) is 0 Å². The second-order valence-corrected chi connectivity index (χ2v) is 8.02. The van der Waals surface area contributed by atoms with E-state index in [1.54, 1.807) is 0 Å². The number of nitrogens with zero attached hydrogens (tertiary/aromatic N) is 2. The van der Waals surface area contributed by atoms with Crippen LogP contribution in [-0.2, 0) is 19.3 Å². The number of hydrogen-bond acceptors (Lipinski definition) is 3. The van der Waals surface area contributed by atoms with E-state index in [2.05, 4.69) is 57.7 Å². The lowest BCUT2D eigenvalue weighted by Crippen LogP contribution is -2.25.